The molecular formula is C12H16N2O2. The van der Waals surface area contributed by atoms with Crippen molar-refractivity contribution in [3.63, 3.8) is 0 Å². The molecule has 0 saturated carbocycles. The number of carbonyl (C=O) groups excluding carboxylic acids is 1. The zero-order valence-corrected chi connectivity index (χ0v) is 9.56. The second-order valence-corrected chi connectivity index (χ2v) is 4.12. The molecule has 0 radical (unpaired) electrons. The van der Waals surface area contributed by atoms with Crippen molar-refractivity contribution in [3.8, 4) is 5.75 Å². The van der Waals surface area contributed by atoms with Crippen molar-refractivity contribution in [2.24, 2.45) is 5.73 Å². The molecule has 4 heteroatoms. The summed E-state index contributed by atoms with van der Waals surface area (Å²) in [6.07, 6.45) is 0.427. The van der Waals surface area contributed by atoms with Gasteiger partial charge in [-0.3, -0.25) is 4.79 Å². The van der Waals surface area contributed by atoms with E-state index in [0.717, 1.165) is 17.0 Å². The van der Waals surface area contributed by atoms with E-state index in [1.807, 2.05) is 25.1 Å². The van der Waals surface area contributed by atoms with Gasteiger partial charge in [0.15, 0.2) is 0 Å². The largest absolute Gasteiger partial charge is 0.497 e. The Hall–Kier alpha value is -1.55. The molecule has 2 N–H and O–H groups in total. The third kappa shape index (κ3) is 1.88. The summed E-state index contributed by atoms with van der Waals surface area (Å²) in [5.41, 5.74) is 7.74. The zero-order chi connectivity index (χ0) is 11.7. The zero-order valence-electron chi connectivity index (χ0n) is 9.56. The Morgan fingerprint density at radius 2 is 2.25 bits per heavy atom. The lowest BCUT2D eigenvalue weighted by Gasteiger charge is -2.19. The number of benzene rings is 1. The molecule has 1 aliphatic rings. The van der Waals surface area contributed by atoms with Gasteiger partial charge in [-0.15, -0.1) is 0 Å². The van der Waals surface area contributed by atoms with Gasteiger partial charge in [0.1, 0.15) is 5.75 Å². The summed E-state index contributed by atoms with van der Waals surface area (Å²) in [5.74, 6) is 0.845. The molecule has 1 saturated heterocycles. The Morgan fingerprint density at radius 1 is 1.50 bits per heavy atom. The normalized spacial score (nSPS) is 20.3. The Bertz CT molecular complexity index is 417. The van der Waals surface area contributed by atoms with Gasteiger partial charge < -0.3 is 15.4 Å². The van der Waals surface area contributed by atoms with Crippen LogP contribution in [0.1, 0.15) is 12.0 Å². The lowest BCUT2D eigenvalue weighted by molar-refractivity contribution is -0.117. The molecule has 1 heterocycles. The number of carbonyl (C=O) groups is 1. The molecule has 1 aromatic rings. The van der Waals surface area contributed by atoms with Gasteiger partial charge in [0, 0.05) is 25.1 Å². The topological polar surface area (TPSA) is 55.6 Å². The Kier molecular flexibility index (Phi) is 2.83. The van der Waals surface area contributed by atoms with Gasteiger partial charge in [-0.05, 0) is 18.6 Å². The van der Waals surface area contributed by atoms with Crippen LogP contribution in [0.5, 0.6) is 5.75 Å². The Morgan fingerprint density at radius 3 is 2.81 bits per heavy atom. The number of nitrogens with two attached hydrogens (primary N) is 1. The summed E-state index contributed by atoms with van der Waals surface area (Å²) in [5, 5.41) is 0. The number of hydrogen-bond acceptors (Lipinski definition) is 3. The molecule has 2 rings (SSSR count). The maximum absolute atomic E-state index is 11.7. The van der Waals surface area contributed by atoms with Crippen molar-refractivity contribution < 1.29 is 9.53 Å². The maximum atomic E-state index is 11.7. The summed E-state index contributed by atoms with van der Waals surface area (Å²) in [7, 11) is 1.62. The fourth-order valence-corrected chi connectivity index (χ4v) is 1.98. The molecule has 0 aliphatic carbocycles. The highest BCUT2D eigenvalue weighted by Gasteiger charge is 2.29. The van der Waals surface area contributed by atoms with E-state index < -0.39 is 0 Å². The summed E-state index contributed by atoms with van der Waals surface area (Å²) in [6.45, 7) is 2.57. The number of anilines is 1. The van der Waals surface area contributed by atoms with Gasteiger partial charge >= 0.3 is 0 Å². The minimum absolute atomic E-state index is 0.0573. The molecule has 1 unspecified atom stereocenters. The number of rotatable bonds is 2. The number of methoxy groups -OCH3 is 1. The van der Waals surface area contributed by atoms with E-state index in [1.54, 1.807) is 12.0 Å². The lowest BCUT2D eigenvalue weighted by Crippen LogP contribution is -2.28. The number of ether oxygens (including phenoxy) is 1. The first-order chi connectivity index (χ1) is 7.61. The summed E-state index contributed by atoms with van der Waals surface area (Å²) >= 11 is 0. The molecule has 1 atom stereocenters. The molecule has 4 nitrogen and oxygen atoms in total. The van der Waals surface area contributed by atoms with Crippen LogP contribution in [-0.2, 0) is 4.79 Å². The van der Waals surface area contributed by atoms with Crippen LogP contribution in [0.3, 0.4) is 0 Å². The van der Waals surface area contributed by atoms with Gasteiger partial charge in [0.25, 0.3) is 0 Å². The molecular weight excluding hydrogens is 204 g/mol. The van der Waals surface area contributed by atoms with Gasteiger partial charge in [-0.1, -0.05) is 6.07 Å². The quantitative estimate of drug-likeness (QED) is 0.811. The first-order valence-electron chi connectivity index (χ1n) is 5.32. The first kappa shape index (κ1) is 11.0. The highest BCUT2D eigenvalue weighted by atomic mass is 16.5. The molecule has 0 bridgehead atoms. The van der Waals surface area contributed by atoms with Gasteiger partial charge in [-0.2, -0.15) is 0 Å². The van der Waals surface area contributed by atoms with Gasteiger partial charge in [0.05, 0.1) is 12.8 Å². The van der Waals surface area contributed by atoms with E-state index in [1.165, 1.54) is 0 Å². The Labute approximate surface area is 95.0 Å². The highest BCUT2D eigenvalue weighted by Crippen LogP contribution is 2.28. The lowest BCUT2D eigenvalue weighted by atomic mass is 10.1. The third-order valence-corrected chi connectivity index (χ3v) is 2.86. The Balaban J connectivity index is 2.35. The van der Waals surface area contributed by atoms with Gasteiger partial charge in [0.2, 0.25) is 5.91 Å². The van der Waals surface area contributed by atoms with Crippen LogP contribution >= 0.6 is 0 Å². The second-order valence-electron chi connectivity index (χ2n) is 4.12. The minimum atomic E-state index is -0.0573. The van der Waals surface area contributed by atoms with Crippen molar-refractivity contribution in [1.82, 2.24) is 0 Å². The molecule has 1 amide bonds. The van der Waals surface area contributed by atoms with Crippen LogP contribution in [0.4, 0.5) is 5.69 Å². The molecule has 0 aromatic heterocycles. The van der Waals surface area contributed by atoms with Crippen molar-refractivity contribution in [1.29, 1.82) is 0 Å². The number of amides is 1. The molecule has 1 aliphatic heterocycles. The third-order valence-electron chi connectivity index (χ3n) is 2.86. The predicted octanol–water partition coefficient (Wildman–Crippen LogP) is 1.07. The molecule has 1 fully saturated rings. The standard InChI is InChI=1S/C12H16N2O2/c1-8-3-4-10(16-2)6-11(8)14-7-9(13)5-12(14)15/h3-4,6,9H,5,7,13H2,1-2H3. The van der Waals surface area contributed by atoms with Crippen molar-refractivity contribution >= 4 is 11.6 Å². The summed E-state index contributed by atoms with van der Waals surface area (Å²) in [4.78, 5) is 13.5. The van der Waals surface area contributed by atoms with Gasteiger partial charge in [-0.25, -0.2) is 0 Å². The van der Waals surface area contributed by atoms with Crippen LogP contribution in [0, 0.1) is 6.92 Å². The molecule has 1 aromatic carbocycles. The summed E-state index contributed by atoms with van der Waals surface area (Å²) in [6, 6.07) is 5.66. The number of aryl methyl sites for hydroxylation is 1. The van der Waals surface area contributed by atoms with E-state index >= 15 is 0 Å². The van der Waals surface area contributed by atoms with Crippen molar-refractivity contribution in [3.05, 3.63) is 23.8 Å². The first-order valence-corrected chi connectivity index (χ1v) is 5.32. The molecule has 86 valence electrons. The van der Waals surface area contributed by atoms with E-state index in [2.05, 4.69) is 0 Å². The molecule has 0 spiro atoms. The van der Waals surface area contributed by atoms with Crippen LogP contribution in [0.2, 0.25) is 0 Å². The van der Waals surface area contributed by atoms with Crippen molar-refractivity contribution in [2.75, 3.05) is 18.6 Å². The number of nitrogens with zero attached hydrogens (tertiary/aromatic N) is 1. The van der Waals surface area contributed by atoms with Crippen LogP contribution in [-0.4, -0.2) is 25.6 Å². The number of hydrogen-bond donors (Lipinski definition) is 1. The predicted molar refractivity (Wildman–Crippen MR) is 62.7 cm³/mol. The van der Waals surface area contributed by atoms with E-state index in [0.29, 0.717) is 13.0 Å². The second kappa shape index (κ2) is 4.14. The van der Waals surface area contributed by atoms with Crippen LogP contribution < -0.4 is 15.4 Å². The minimum Gasteiger partial charge on any atom is -0.497 e. The van der Waals surface area contributed by atoms with Crippen molar-refractivity contribution in [2.45, 2.75) is 19.4 Å². The van der Waals surface area contributed by atoms with E-state index in [-0.39, 0.29) is 11.9 Å². The maximum Gasteiger partial charge on any atom is 0.228 e. The highest BCUT2D eigenvalue weighted by molar-refractivity contribution is 5.97. The van der Waals surface area contributed by atoms with Crippen LogP contribution in [0.15, 0.2) is 18.2 Å². The summed E-state index contributed by atoms with van der Waals surface area (Å²) < 4.78 is 5.16. The van der Waals surface area contributed by atoms with Crippen LogP contribution in [0.25, 0.3) is 0 Å². The average Bonchev–Trinajstić information content (AvgIpc) is 2.58. The fourth-order valence-electron chi connectivity index (χ4n) is 1.98. The molecule has 16 heavy (non-hydrogen) atoms. The monoisotopic (exact) mass is 220 g/mol. The SMILES string of the molecule is COc1ccc(C)c(N2CC(N)CC2=O)c1. The van der Waals surface area contributed by atoms with E-state index in [9.17, 15) is 4.79 Å². The average molecular weight is 220 g/mol. The fraction of sp³-hybridized carbons (Fsp3) is 0.417. The van der Waals surface area contributed by atoms with E-state index in [4.69, 9.17) is 10.5 Å². The smallest absolute Gasteiger partial charge is 0.228 e.